The Morgan fingerprint density at radius 1 is 1.29 bits per heavy atom. The van der Waals surface area contributed by atoms with Crippen LogP contribution in [0.3, 0.4) is 0 Å². The molecule has 0 aliphatic rings. The molecule has 1 unspecified atom stereocenters. The molecule has 0 aromatic rings. The molecule has 0 aliphatic carbocycles. The van der Waals surface area contributed by atoms with E-state index >= 15 is 0 Å². The zero-order chi connectivity index (χ0) is 16.1. The Hall–Kier alpha value is -0.220. The Labute approximate surface area is 141 Å². The van der Waals surface area contributed by atoms with E-state index in [9.17, 15) is 4.79 Å². The van der Waals surface area contributed by atoms with Crippen molar-refractivity contribution in [1.29, 1.82) is 0 Å². The van der Waals surface area contributed by atoms with Crippen molar-refractivity contribution in [2.75, 3.05) is 43.6 Å². The van der Waals surface area contributed by atoms with Crippen LogP contribution in [0.15, 0.2) is 5.10 Å². The Morgan fingerprint density at radius 2 is 1.90 bits per heavy atom. The van der Waals surface area contributed by atoms with Crippen LogP contribution in [0, 0.1) is 0 Å². The number of rotatable bonds is 13. The first kappa shape index (κ1) is 20.8. The minimum absolute atomic E-state index is 0.0109. The highest BCUT2D eigenvalue weighted by molar-refractivity contribution is 9.09. The first-order chi connectivity index (χ1) is 9.94. The second-order valence-corrected chi connectivity index (χ2v) is 5.64. The minimum atomic E-state index is -0.865. The van der Waals surface area contributed by atoms with E-state index < -0.39 is 11.5 Å². The smallest absolute Gasteiger partial charge is 0.305 e. The Morgan fingerprint density at radius 3 is 2.43 bits per heavy atom. The van der Waals surface area contributed by atoms with Gasteiger partial charge in [-0.2, -0.15) is 5.10 Å². The molecule has 0 rings (SSSR count). The summed E-state index contributed by atoms with van der Waals surface area (Å²) in [4.78, 5) is 10.2. The van der Waals surface area contributed by atoms with Gasteiger partial charge in [0, 0.05) is 10.7 Å². The number of alkyl halides is 2. The highest BCUT2D eigenvalue weighted by atomic mass is 79.9. The third-order valence-electron chi connectivity index (χ3n) is 2.47. The molecular formula is C12H23Br2N3O4. The summed E-state index contributed by atoms with van der Waals surface area (Å²) in [5.74, 6) is -0.865. The molecule has 1 atom stereocenters. The molecule has 124 valence electrons. The number of hydrogen-bond acceptors (Lipinski definition) is 6. The second-order valence-electron chi connectivity index (χ2n) is 4.52. The van der Waals surface area contributed by atoms with Crippen molar-refractivity contribution in [2.24, 2.45) is 10.8 Å². The van der Waals surface area contributed by atoms with Crippen molar-refractivity contribution in [2.45, 2.75) is 18.9 Å². The summed E-state index contributed by atoms with van der Waals surface area (Å²) in [6.07, 6.45) is 0.0109. The minimum Gasteiger partial charge on any atom is -0.481 e. The van der Waals surface area contributed by atoms with Gasteiger partial charge >= 0.3 is 5.97 Å². The third-order valence-corrected chi connectivity index (χ3v) is 4.16. The van der Waals surface area contributed by atoms with Crippen molar-refractivity contribution >= 4 is 43.5 Å². The van der Waals surface area contributed by atoms with Gasteiger partial charge < -0.3 is 25.7 Å². The van der Waals surface area contributed by atoms with Gasteiger partial charge in [-0.25, -0.2) is 0 Å². The normalized spacial score (nSPS) is 14.8. The van der Waals surface area contributed by atoms with Gasteiger partial charge in [0.2, 0.25) is 0 Å². The summed E-state index contributed by atoms with van der Waals surface area (Å²) in [5, 5.41) is 13.9. The molecule has 0 aromatic carbocycles. The van der Waals surface area contributed by atoms with Gasteiger partial charge in [-0.05, 0) is 6.92 Å². The molecular weight excluding hydrogens is 410 g/mol. The first-order valence-corrected chi connectivity index (χ1v) is 8.76. The number of carboxylic acid groups (broad SMARTS) is 1. The van der Waals surface area contributed by atoms with Gasteiger partial charge in [0.15, 0.2) is 0 Å². The molecule has 0 spiro atoms. The fraction of sp³-hybridized carbons (Fsp3) is 0.833. The lowest BCUT2D eigenvalue weighted by Gasteiger charge is -2.22. The van der Waals surface area contributed by atoms with Crippen LogP contribution in [0.25, 0.3) is 0 Å². The average Bonchev–Trinajstić information content (AvgIpc) is 2.44. The predicted molar refractivity (Wildman–Crippen MR) is 89.5 cm³/mol. The molecule has 21 heavy (non-hydrogen) atoms. The quantitative estimate of drug-likeness (QED) is 0.173. The Balaban J connectivity index is 3.60. The van der Waals surface area contributed by atoms with E-state index in [0.717, 1.165) is 5.71 Å². The van der Waals surface area contributed by atoms with E-state index in [1.165, 1.54) is 0 Å². The van der Waals surface area contributed by atoms with Gasteiger partial charge in [-0.3, -0.25) is 4.79 Å². The average molecular weight is 433 g/mol. The number of nitrogens with one attached hydrogen (secondary N) is 1. The number of nitrogens with zero attached hydrogens (tertiary/aromatic N) is 1. The van der Waals surface area contributed by atoms with E-state index in [0.29, 0.717) is 37.0 Å². The fourth-order valence-electron chi connectivity index (χ4n) is 1.14. The molecule has 9 heteroatoms. The van der Waals surface area contributed by atoms with Crippen LogP contribution < -0.4 is 11.2 Å². The molecule has 0 fully saturated rings. The third kappa shape index (κ3) is 11.1. The van der Waals surface area contributed by atoms with E-state index in [1.54, 1.807) is 0 Å². The molecule has 7 nitrogen and oxygen atoms in total. The van der Waals surface area contributed by atoms with E-state index in [4.69, 9.17) is 20.3 Å². The summed E-state index contributed by atoms with van der Waals surface area (Å²) < 4.78 is 10.4. The highest BCUT2D eigenvalue weighted by Gasteiger charge is 2.23. The first-order valence-electron chi connectivity index (χ1n) is 6.52. The predicted octanol–water partition coefficient (Wildman–Crippen LogP) is 0.947. The molecule has 0 aliphatic heterocycles. The maximum absolute atomic E-state index is 10.2. The summed E-state index contributed by atoms with van der Waals surface area (Å²) in [6, 6.07) is 0. The molecule has 0 radical (unpaired) electrons. The van der Waals surface area contributed by atoms with Gasteiger partial charge in [0.25, 0.3) is 0 Å². The zero-order valence-corrected chi connectivity index (χ0v) is 15.3. The van der Waals surface area contributed by atoms with Gasteiger partial charge in [0.05, 0.1) is 50.6 Å². The van der Waals surface area contributed by atoms with Crippen molar-refractivity contribution in [1.82, 2.24) is 5.43 Å². The molecule has 0 aromatic heterocycles. The second kappa shape index (κ2) is 12.3. The number of halogens is 2. The van der Waals surface area contributed by atoms with Crippen LogP contribution in [0.1, 0.15) is 13.3 Å². The molecule has 0 saturated heterocycles. The number of aliphatic carboxylic acids is 1. The topological polar surface area (TPSA) is 106 Å². The van der Waals surface area contributed by atoms with Crippen LogP contribution in [-0.4, -0.2) is 66.0 Å². The largest absolute Gasteiger partial charge is 0.481 e. The van der Waals surface area contributed by atoms with Crippen LogP contribution in [0.4, 0.5) is 0 Å². The van der Waals surface area contributed by atoms with Crippen LogP contribution in [0.2, 0.25) is 0 Å². The number of hydrazone groups is 1. The standard InChI is InChI=1S/C12H23Br2N3O4/c1-12(15,9-14)10(8-13)17-16-3-5-21-7-6-20-4-2-11(18)19/h16H,2-9,15H2,1H3,(H,18,19)/b17-10-. The lowest BCUT2D eigenvalue weighted by atomic mass is 10.0. The number of hydrogen-bond donors (Lipinski definition) is 3. The number of nitrogens with two attached hydrogens (primary N) is 1. The monoisotopic (exact) mass is 431 g/mol. The van der Waals surface area contributed by atoms with Gasteiger partial charge in [-0.1, -0.05) is 31.9 Å². The Kier molecular flexibility index (Phi) is 12.2. The maximum atomic E-state index is 10.2. The van der Waals surface area contributed by atoms with E-state index in [-0.39, 0.29) is 13.0 Å². The molecule has 4 N–H and O–H groups in total. The number of ether oxygens (including phenoxy) is 2. The lowest BCUT2D eigenvalue weighted by molar-refractivity contribution is -0.138. The summed E-state index contributed by atoms with van der Waals surface area (Å²) in [6.45, 7) is 3.95. The van der Waals surface area contributed by atoms with Crippen molar-refractivity contribution in [3.8, 4) is 0 Å². The Bertz CT molecular complexity index is 328. The SMILES string of the molecule is CC(N)(CBr)/C(CBr)=N\NCCOCCOCCC(=O)O. The van der Waals surface area contributed by atoms with E-state index in [1.807, 2.05) is 6.92 Å². The lowest BCUT2D eigenvalue weighted by Crippen LogP contribution is -2.48. The van der Waals surface area contributed by atoms with Crippen LogP contribution >= 0.6 is 31.9 Å². The van der Waals surface area contributed by atoms with Crippen molar-refractivity contribution in [3.63, 3.8) is 0 Å². The molecule has 0 saturated carbocycles. The summed E-state index contributed by atoms with van der Waals surface area (Å²) in [7, 11) is 0. The highest BCUT2D eigenvalue weighted by Crippen LogP contribution is 2.08. The van der Waals surface area contributed by atoms with Gasteiger partial charge in [-0.15, -0.1) is 0 Å². The summed E-state index contributed by atoms with van der Waals surface area (Å²) >= 11 is 6.71. The summed E-state index contributed by atoms with van der Waals surface area (Å²) in [5.41, 5.74) is 9.28. The van der Waals surface area contributed by atoms with Crippen molar-refractivity contribution in [3.05, 3.63) is 0 Å². The zero-order valence-electron chi connectivity index (χ0n) is 12.1. The number of carboxylic acids is 1. The molecule has 0 bridgehead atoms. The maximum Gasteiger partial charge on any atom is 0.305 e. The molecule has 0 heterocycles. The van der Waals surface area contributed by atoms with Crippen molar-refractivity contribution < 1.29 is 19.4 Å². The van der Waals surface area contributed by atoms with E-state index in [2.05, 4.69) is 42.4 Å². The fourth-order valence-corrected chi connectivity index (χ4v) is 2.23. The van der Waals surface area contributed by atoms with Crippen LogP contribution in [-0.2, 0) is 14.3 Å². The van der Waals surface area contributed by atoms with Crippen LogP contribution in [0.5, 0.6) is 0 Å². The number of carbonyl (C=O) groups is 1. The molecule has 0 amide bonds. The van der Waals surface area contributed by atoms with Gasteiger partial charge in [0.1, 0.15) is 0 Å².